The number of piperazine rings is 1. The Kier molecular flexibility index (Phi) is 13.1. The van der Waals surface area contributed by atoms with Crippen molar-refractivity contribution in [2.75, 3.05) is 35.2 Å². The minimum Gasteiger partial charge on any atom is -0.357 e. The number of carbonyl (C=O) groups excluding carboxylic acids is 2. The molecule has 2 heterocycles. The molecule has 0 bridgehead atoms. The number of benzene rings is 2. The molecule has 42 heavy (non-hydrogen) atoms. The van der Waals surface area contributed by atoms with Crippen molar-refractivity contribution in [3.8, 4) is 0 Å². The zero-order valence-corrected chi connectivity index (χ0v) is 26.3. The van der Waals surface area contributed by atoms with Gasteiger partial charge in [-0.2, -0.15) is 0 Å². The average molecular weight is 662 g/mol. The van der Waals surface area contributed by atoms with E-state index in [9.17, 15) is 17.4 Å². The van der Waals surface area contributed by atoms with Crippen molar-refractivity contribution in [2.24, 2.45) is 0 Å². The van der Waals surface area contributed by atoms with Crippen LogP contribution in [-0.2, 0) is 23.6 Å². The Bertz CT molecular complexity index is 1390. The third kappa shape index (κ3) is 9.97. The molecule has 0 saturated carbocycles. The summed E-state index contributed by atoms with van der Waals surface area (Å²) < 4.78 is 24.1. The Morgan fingerprint density at radius 2 is 1.93 bits per heavy atom. The average Bonchev–Trinajstić information content (AvgIpc) is 2.98. The van der Waals surface area contributed by atoms with E-state index in [1.165, 1.54) is 38.0 Å². The first-order valence-electron chi connectivity index (χ1n) is 13.7. The van der Waals surface area contributed by atoms with E-state index >= 15 is 0 Å². The fraction of sp³-hybridized carbons (Fsp3) is 0.345. The molecular formula is C29H37AsClN5O6. The van der Waals surface area contributed by atoms with Gasteiger partial charge in [0.1, 0.15) is 6.04 Å². The number of aryl methyl sites for hydroxylation is 1. The van der Waals surface area contributed by atoms with Crippen molar-refractivity contribution in [1.29, 1.82) is 0 Å². The predicted octanol–water partition coefficient (Wildman–Crippen LogP) is 3.59. The molecule has 1 fully saturated rings. The number of nitrogens with zero attached hydrogens (tertiary/aromatic N) is 2. The van der Waals surface area contributed by atoms with Gasteiger partial charge in [-0.15, -0.1) is 0 Å². The minimum atomic E-state index is -4.92. The van der Waals surface area contributed by atoms with Gasteiger partial charge in [-0.1, -0.05) is 37.4 Å². The van der Waals surface area contributed by atoms with Crippen molar-refractivity contribution >= 4 is 59.0 Å². The maximum atomic E-state index is 12.9. The zero-order valence-electron chi connectivity index (χ0n) is 23.6. The number of amides is 2. The molecule has 1 aliphatic rings. The second-order valence-electron chi connectivity index (χ2n) is 9.68. The summed E-state index contributed by atoms with van der Waals surface area (Å²) in [6.07, 6.45) is 6.39. The molecule has 4 rings (SSSR count). The number of anilines is 3. The van der Waals surface area contributed by atoms with Gasteiger partial charge in [0.05, 0.1) is 0 Å². The molecule has 1 aromatic heterocycles. The predicted molar refractivity (Wildman–Crippen MR) is 164 cm³/mol. The fourth-order valence-corrected chi connectivity index (χ4v) is 6.30. The first-order valence-corrected chi connectivity index (χ1v) is 17.3. The van der Waals surface area contributed by atoms with Gasteiger partial charge in [-0.25, -0.2) is 0 Å². The van der Waals surface area contributed by atoms with E-state index in [-0.39, 0.29) is 27.9 Å². The van der Waals surface area contributed by atoms with Gasteiger partial charge in [0.2, 0.25) is 5.91 Å². The van der Waals surface area contributed by atoms with Gasteiger partial charge < -0.3 is 15.5 Å². The SMILES string of the molecule is CC(=O)Nc1ccccc1[As](=O)(O)OO.CCCCCc1cc(N2CCNCC2C(=O)Nc2cccc(Cl)c2)ccn1. The van der Waals surface area contributed by atoms with Gasteiger partial charge in [0.15, 0.2) is 0 Å². The van der Waals surface area contributed by atoms with Crippen LogP contribution < -0.4 is 25.2 Å². The van der Waals surface area contributed by atoms with Crippen LogP contribution in [0.25, 0.3) is 0 Å². The molecule has 2 aromatic carbocycles. The van der Waals surface area contributed by atoms with Crippen molar-refractivity contribution in [1.82, 2.24) is 10.3 Å². The Morgan fingerprint density at radius 1 is 1.14 bits per heavy atom. The molecule has 2 unspecified atom stereocenters. The van der Waals surface area contributed by atoms with Crippen LogP contribution in [-0.4, -0.2) is 66.0 Å². The van der Waals surface area contributed by atoms with Crippen molar-refractivity contribution in [3.05, 3.63) is 77.6 Å². The molecule has 2 atom stereocenters. The molecule has 1 saturated heterocycles. The molecular weight excluding hydrogens is 625 g/mol. The van der Waals surface area contributed by atoms with E-state index < -0.39 is 14.2 Å². The van der Waals surface area contributed by atoms with Crippen LogP contribution in [0, 0.1) is 0 Å². The number of hydrogen-bond donors (Lipinski definition) is 5. The number of hydrogen-bond acceptors (Lipinski definition) is 8. The van der Waals surface area contributed by atoms with E-state index in [2.05, 4.69) is 42.7 Å². The summed E-state index contributed by atoms with van der Waals surface area (Å²) >= 11 is 1.10. The molecule has 0 radical (unpaired) electrons. The summed E-state index contributed by atoms with van der Waals surface area (Å²) in [5.41, 5.74) is 3.02. The monoisotopic (exact) mass is 661 g/mol. The third-order valence-electron chi connectivity index (χ3n) is 6.44. The Morgan fingerprint density at radius 3 is 2.64 bits per heavy atom. The standard InChI is InChI=1S/C21H27ClN4O.C8H10AsNO5/c1-2-3-4-7-17-14-19(9-10-24-17)26-12-11-23-15-20(26)21(27)25-18-8-5-6-16(22)13-18;1-6(11)10-8-5-3-2-4-7(8)9(12,13)15-14/h5-6,8-10,13-14,20,23H,2-4,7,11-12,15H2,1H3,(H,25,27);2-5,14H,1H3,(H,10,11)(H,12,13). The van der Waals surface area contributed by atoms with Crippen LogP contribution in [0.4, 0.5) is 17.1 Å². The number of unbranched alkanes of at least 4 members (excludes halogenated alkanes) is 2. The molecule has 3 aromatic rings. The number of aromatic nitrogens is 1. The smallest absolute Gasteiger partial charge is 0.248 e. The van der Waals surface area contributed by atoms with E-state index in [4.69, 9.17) is 16.9 Å². The van der Waals surface area contributed by atoms with Gasteiger partial charge in [0, 0.05) is 47.9 Å². The van der Waals surface area contributed by atoms with Crippen LogP contribution in [0.3, 0.4) is 0 Å². The number of carbonyl (C=O) groups is 2. The quantitative estimate of drug-likeness (QED) is 0.0950. The molecule has 11 nitrogen and oxygen atoms in total. The molecule has 1 aliphatic heterocycles. The van der Waals surface area contributed by atoms with Gasteiger partial charge in [-0.3, -0.25) is 9.78 Å². The molecule has 0 aliphatic carbocycles. The molecule has 0 spiro atoms. The van der Waals surface area contributed by atoms with E-state index in [1.54, 1.807) is 18.2 Å². The van der Waals surface area contributed by atoms with Crippen LogP contribution in [0.2, 0.25) is 5.02 Å². The normalized spacial score (nSPS) is 16.0. The van der Waals surface area contributed by atoms with Crippen LogP contribution in [0.15, 0.2) is 66.9 Å². The summed E-state index contributed by atoms with van der Waals surface area (Å²) in [6.45, 7) is 5.72. The second-order valence-corrected chi connectivity index (χ2v) is 13.6. The molecule has 5 N–H and O–H groups in total. The van der Waals surface area contributed by atoms with E-state index in [1.807, 2.05) is 24.4 Å². The molecule has 2 amide bonds. The minimum absolute atomic E-state index is 0.0335. The van der Waals surface area contributed by atoms with E-state index in [0.717, 1.165) is 37.3 Å². The Hall–Kier alpha value is -3.18. The number of halogens is 1. The van der Waals surface area contributed by atoms with Crippen LogP contribution in [0.1, 0.15) is 38.8 Å². The first-order chi connectivity index (χ1) is 20.1. The van der Waals surface area contributed by atoms with Gasteiger partial charge >= 0.3 is 88.4 Å². The second kappa shape index (κ2) is 16.5. The summed E-state index contributed by atoms with van der Waals surface area (Å²) in [4.78, 5) is 30.4. The molecule has 226 valence electrons. The molecule has 13 heteroatoms. The fourth-order valence-electron chi connectivity index (χ4n) is 4.44. The van der Waals surface area contributed by atoms with Gasteiger partial charge in [0.25, 0.3) is 0 Å². The topological polar surface area (TPSA) is 153 Å². The third-order valence-corrected chi connectivity index (χ3v) is 9.23. The Labute approximate surface area is 253 Å². The number of rotatable bonds is 10. The van der Waals surface area contributed by atoms with Crippen molar-refractivity contribution in [2.45, 2.75) is 45.6 Å². The summed E-state index contributed by atoms with van der Waals surface area (Å²) in [7, 11) is 0. The zero-order chi connectivity index (χ0) is 30.5. The first kappa shape index (κ1) is 33.3. The Balaban J connectivity index is 0.000000274. The maximum absolute atomic E-state index is 12.9. The summed E-state index contributed by atoms with van der Waals surface area (Å²) in [6, 6.07) is 16.9. The van der Waals surface area contributed by atoms with Crippen molar-refractivity contribution < 1.29 is 26.6 Å². The number of para-hydroxylation sites is 1. The summed E-state index contributed by atoms with van der Waals surface area (Å²) in [5.74, 6) is -0.412. The number of nitrogens with one attached hydrogen (secondary N) is 3. The van der Waals surface area contributed by atoms with Gasteiger partial charge in [-0.05, 0) is 43.2 Å². The summed E-state index contributed by atoms with van der Waals surface area (Å²) in [5, 5.41) is 17.6. The number of pyridine rings is 1. The van der Waals surface area contributed by atoms with Crippen molar-refractivity contribution in [3.63, 3.8) is 0 Å². The van der Waals surface area contributed by atoms with Crippen LogP contribution in [0.5, 0.6) is 0 Å². The largest absolute Gasteiger partial charge is 0.357 e. The maximum Gasteiger partial charge on any atom is 0.248 e. The van der Waals surface area contributed by atoms with Crippen LogP contribution >= 0.6 is 11.6 Å². The van der Waals surface area contributed by atoms with E-state index in [0.29, 0.717) is 17.3 Å².